The molecular weight excluding hydrogens is 320 g/mol. The van der Waals surface area contributed by atoms with Crippen LogP contribution in [0.2, 0.25) is 0 Å². The first-order valence-electron chi connectivity index (χ1n) is 8.23. The third-order valence-corrected chi connectivity index (χ3v) is 4.58. The van der Waals surface area contributed by atoms with Crippen LogP contribution in [-0.2, 0) is 0 Å². The predicted octanol–water partition coefficient (Wildman–Crippen LogP) is 4.23. The van der Waals surface area contributed by atoms with Crippen molar-refractivity contribution < 1.29 is 23.7 Å². The second-order valence-electron chi connectivity index (χ2n) is 6.08. The minimum atomic E-state index is -0.0936. The molecule has 4 rings (SSSR count). The van der Waals surface area contributed by atoms with E-state index >= 15 is 0 Å². The highest BCUT2D eigenvalue weighted by Crippen LogP contribution is 2.50. The summed E-state index contributed by atoms with van der Waals surface area (Å²) in [6.07, 6.45) is 1.61. The Bertz CT molecular complexity index is 814. The monoisotopic (exact) mass is 340 g/mol. The Balaban J connectivity index is 1.66. The molecule has 0 fully saturated rings. The maximum Gasteiger partial charge on any atom is 0.231 e. The maximum atomic E-state index is 6.23. The molecule has 5 heteroatoms. The Hall–Kier alpha value is -2.82. The smallest absolute Gasteiger partial charge is 0.231 e. The van der Waals surface area contributed by atoms with E-state index in [2.05, 4.69) is 13.5 Å². The highest BCUT2D eigenvalue weighted by atomic mass is 16.7. The molecule has 0 aromatic heterocycles. The summed E-state index contributed by atoms with van der Waals surface area (Å²) >= 11 is 0. The molecule has 25 heavy (non-hydrogen) atoms. The van der Waals surface area contributed by atoms with Crippen molar-refractivity contribution in [3.8, 4) is 28.7 Å². The van der Waals surface area contributed by atoms with Crippen LogP contribution in [-0.4, -0.2) is 20.5 Å². The summed E-state index contributed by atoms with van der Waals surface area (Å²) < 4.78 is 28.2. The normalized spacial score (nSPS) is 19.9. The lowest BCUT2D eigenvalue weighted by atomic mass is 9.92. The number of benzene rings is 2. The van der Waals surface area contributed by atoms with Crippen molar-refractivity contribution in [1.82, 2.24) is 0 Å². The molecule has 0 saturated heterocycles. The van der Waals surface area contributed by atoms with Gasteiger partial charge in [0.25, 0.3) is 0 Å². The van der Waals surface area contributed by atoms with Crippen molar-refractivity contribution in [2.75, 3.05) is 20.5 Å². The lowest BCUT2D eigenvalue weighted by molar-refractivity contribution is 0.173. The molecule has 0 saturated carbocycles. The lowest BCUT2D eigenvalue weighted by Crippen LogP contribution is -2.07. The van der Waals surface area contributed by atoms with Crippen molar-refractivity contribution in [3.63, 3.8) is 0 Å². The molecule has 2 unspecified atom stereocenters. The van der Waals surface area contributed by atoms with Gasteiger partial charge in [-0.25, -0.2) is 0 Å². The van der Waals surface area contributed by atoms with E-state index in [1.54, 1.807) is 13.2 Å². The summed E-state index contributed by atoms with van der Waals surface area (Å²) in [5.41, 5.74) is 2.16. The summed E-state index contributed by atoms with van der Waals surface area (Å²) in [7, 11) is 1.64. The van der Waals surface area contributed by atoms with Gasteiger partial charge in [-0.05, 0) is 23.8 Å². The summed E-state index contributed by atoms with van der Waals surface area (Å²) in [4.78, 5) is 0. The van der Waals surface area contributed by atoms with Gasteiger partial charge in [-0.1, -0.05) is 25.6 Å². The number of fused-ring (bicyclic) bond motifs is 2. The van der Waals surface area contributed by atoms with E-state index in [4.69, 9.17) is 23.7 Å². The van der Waals surface area contributed by atoms with Crippen molar-refractivity contribution in [2.24, 2.45) is 0 Å². The van der Waals surface area contributed by atoms with E-state index in [0.29, 0.717) is 18.1 Å². The molecule has 2 aliphatic heterocycles. The number of rotatable bonds is 5. The standard InChI is InChI=1S/C20H20O5/c1-4-7-22-19-10-16-14(9-17(19)21-3)12(2)20(25-16)13-5-6-15-18(8-13)24-11-23-15/h4-6,8-10,12,20H,1,7,11H2,2-3H3. The molecule has 2 aromatic carbocycles. The third kappa shape index (κ3) is 2.65. The predicted molar refractivity (Wildman–Crippen MR) is 93.0 cm³/mol. The first-order valence-corrected chi connectivity index (χ1v) is 8.23. The summed E-state index contributed by atoms with van der Waals surface area (Å²) in [5, 5.41) is 0. The highest BCUT2D eigenvalue weighted by molar-refractivity contribution is 5.55. The van der Waals surface area contributed by atoms with Gasteiger partial charge in [0.2, 0.25) is 6.79 Å². The van der Waals surface area contributed by atoms with Crippen molar-refractivity contribution >= 4 is 0 Å². The molecule has 2 aromatic rings. The first kappa shape index (κ1) is 15.7. The largest absolute Gasteiger partial charge is 0.493 e. The quantitative estimate of drug-likeness (QED) is 0.763. The molecule has 2 aliphatic rings. The van der Waals surface area contributed by atoms with Gasteiger partial charge >= 0.3 is 0 Å². The lowest BCUT2D eigenvalue weighted by Gasteiger charge is -2.16. The number of ether oxygens (including phenoxy) is 5. The Morgan fingerprint density at radius 3 is 2.76 bits per heavy atom. The van der Waals surface area contributed by atoms with E-state index in [-0.39, 0.29) is 18.8 Å². The first-order chi connectivity index (χ1) is 12.2. The van der Waals surface area contributed by atoms with Crippen LogP contribution in [0.15, 0.2) is 43.0 Å². The molecule has 0 N–H and O–H groups in total. The topological polar surface area (TPSA) is 46.2 Å². The maximum absolute atomic E-state index is 6.23. The van der Waals surface area contributed by atoms with Crippen molar-refractivity contribution in [1.29, 1.82) is 0 Å². The van der Waals surface area contributed by atoms with Gasteiger partial charge in [0.15, 0.2) is 23.0 Å². The second-order valence-corrected chi connectivity index (χ2v) is 6.08. The summed E-state index contributed by atoms with van der Waals surface area (Å²) in [5.74, 6) is 3.88. The minimum Gasteiger partial charge on any atom is -0.493 e. The summed E-state index contributed by atoms with van der Waals surface area (Å²) in [6, 6.07) is 9.82. The molecule has 2 heterocycles. The Labute approximate surface area is 146 Å². The van der Waals surface area contributed by atoms with Gasteiger partial charge in [0.1, 0.15) is 18.5 Å². The van der Waals surface area contributed by atoms with Crippen LogP contribution in [0.4, 0.5) is 0 Å². The van der Waals surface area contributed by atoms with Crippen LogP contribution in [0.1, 0.15) is 30.1 Å². The average Bonchev–Trinajstić information content (AvgIpc) is 3.22. The SMILES string of the molecule is C=CCOc1cc2c(cc1OC)C(C)C(c1ccc3c(c1)OCO3)O2. The Kier molecular flexibility index (Phi) is 3.92. The minimum absolute atomic E-state index is 0.0936. The van der Waals surface area contributed by atoms with Crippen molar-refractivity contribution in [3.05, 3.63) is 54.1 Å². The van der Waals surface area contributed by atoms with Gasteiger partial charge in [-0.2, -0.15) is 0 Å². The van der Waals surface area contributed by atoms with Crippen LogP contribution >= 0.6 is 0 Å². The zero-order chi connectivity index (χ0) is 17.4. The molecule has 0 aliphatic carbocycles. The summed E-state index contributed by atoms with van der Waals surface area (Å²) in [6.45, 7) is 6.50. The molecule has 0 bridgehead atoms. The van der Waals surface area contributed by atoms with E-state index in [9.17, 15) is 0 Å². The Morgan fingerprint density at radius 2 is 1.96 bits per heavy atom. The molecule has 0 spiro atoms. The highest BCUT2D eigenvalue weighted by Gasteiger charge is 2.34. The van der Waals surface area contributed by atoms with Gasteiger partial charge in [0, 0.05) is 17.5 Å². The Morgan fingerprint density at radius 1 is 1.12 bits per heavy atom. The van der Waals surface area contributed by atoms with E-state index in [1.165, 1.54) is 0 Å². The molecule has 0 amide bonds. The molecule has 2 atom stereocenters. The van der Waals surface area contributed by atoms with Crippen LogP contribution in [0.5, 0.6) is 28.7 Å². The van der Waals surface area contributed by atoms with E-state index < -0.39 is 0 Å². The molecular formula is C20H20O5. The van der Waals surface area contributed by atoms with Gasteiger partial charge < -0.3 is 23.7 Å². The number of methoxy groups -OCH3 is 1. The zero-order valence-electron chi connectivity index (χ0n) is 14.3. The van der Waals surface area contributed by atoms with Crippen LogP contribution in [0, 0.1) is 0 Å². The fourth-order valence-electron chi connectivity index (χ4n) is 3.28. The number of hydrogen-bond acceptors (Lipinski definition) is 5. The van der Waals surface area contributed by atoms with Gasteiger partial charge in [0.05, 0.1) is 7.11 Å². The molecule has 0 radical (unpaired) electrons. The van der Waals surface area contributed by atoms with Crippen LogP contribution < -0.4 is 23.7 Å². The fourth-order valence-corrected chi connectivity index (χ4v) is 3.28. The second kappa shape index (κ2) is 6.24. The average molecular weight is 340 g/mol. The molecule has 5 nitrogen and oxygen atoms in total. The van der Waals surface area contributed by atoms with E-state index in [1.807, 2.05) is 30.3 Å². The third-order valence-electron chi connectivity index (χ3n) is 4.58. The van der Waals surface area contributed by atoms with E-state index in [0.717, 1.165) is 28.4 Å². The fraction of sp³-hybridized carbons (Fsp3) is 0.300. The van der Waals surface area contributed by atoms with Gasteiger partial charge in [-0.3, -0.25) is 0 Å². The molecule has 130 valence electrons. The zero-order valence-corrected chi connectivity index (χ0v) is 14.3. The van der Waals surface area contributed by atoms with Crippen LogP contribution in [0.3, 0.4) is 0 Å². The van der Waals surface area contributed by atoms with Crippen molar-refractivity contribution in [2.45, 2.75) is 18.9 Å². The number of hydrogen-bond donors (Lipinski definition) is 0. The van der Waals surface area contributed by atoms with Crippen LogP contribution in [0.25, 0.3) is 0 Å². The van der Waals surface area contributed by atoms with Gasteiger partial charge in [-0.15, -0.1) is 0 Å².